The van der Waals surface area contributed by atoms with E-state index in [1.54, 1.807) is 18.2 Å². The molecule has 0 aliphatic rings. The summed E-state index contributed by atoms with van der Waals surface area (Å²) in [5.74, 6) is -0.399. The Morgan fingerprint density at radius 1 is 1.03 bits per heavy atom. The molecule has 1 heterocycles. The molecule has 6 heteroatoms. The first kappa shape index (κ1) is 23.3. The zero-order chi connectivity index (χ0) is 24.1. The molecule has 0 radical (unpaired) electrons. The van der Waals surface area contributed by atoms with Crippen LogP contribution in [0.25, 0.3) is 10.9 Å². The molecular formula is C28H29N3O3. The second-order valence-corrected chi connectivity index (χ2v) is 8.44. The van der Waals surface area contributed by atoms with E-state index in [2.05, 4.69) is 53.3 Å². The lowest BCUT2D eigenvalue weighted by atomic mass is 10.1. The number of aromatic amines is 1. The van der Waals surface area contributed by atoms with Crippen molar-refractivity contribution in [3.05, 3.63) is 95.1 Å². The number of ether oxygens (including phenoxy) is 1. The van der Waals surface area contributed by atoms with E-state index in [-0.39, 0.29) is 5.88 Å². The van der Waals surface area contributed by atoms with Crippen molar-refractivity contribution in [2.45, 2.75) is 19.9 Å². The number of methoxy groups -OCH3 is 1. The van der Waals surface area contributed by atoms with Gasteiger partial charge in [0, 0.05) is 24.0 Å². The predicted octanol–water partition coefficient (Wildman–Crippen LogP) is 5.48. The number of H-pyrrole nitrogens is 1. The highest BCUT2D eigenvalue weighted by Crippen LogP contribution is 2.30. The molecular weight excluding hydrogens is 426 g/mol. The van der Waals surface area contributed by atoms with Crippen LogP contribution in [-0.2, 0) is 17.7 Å². The molecule has 0 saturated heterocycles. The van der Waals surface area contributed by atoms with E-state index < -0.39 is 5.97 Å². The number of aliphatic imine (C=N–C) groups is 1. The summed E-state index contributed by atoms with van der Waals surface area (Å²) in [7, 11) is 3.47. The molecule has 0 aliphatic carbocycles. The maximum Gasteiger partial charge on any atom is 0.337 e. The Morgan fingerprint density at radius 3 is 2.47 bits per heavy atom. The highest BCUT2D eigenvalue weighted by Gasteiger charge is 2.16. The van der Waals surface area contributed by atoms with Crippen LogP contribution in [0.2, 0.25) is 0 Å². The van der Waals surface area contributed by atoms with Gasteiger partial charge in [-0.2, -0.15) is 0 Å². The molecule has 0 fully saturated rings. The quantitative estimate of drug-likeness (QED) is 0.273. The van der Waals surface area contributed by atoms with Crippen LogP contribution in [-0.4, -0.2) is 47.4 Å². The number of fused-ring (bicyclic) bond motifs is 1. The summed E-state index contributed by atoms with van der Waals surface area (Å²) in [4.78, 5) is 21.7. The molecule has 2 N–H and O–H groups in total. The van der Waals surface area contributed by atoms with Crippen molar-refractivity contribution in [2.24, 2.45) is 4.99 Å². The molecule has 0 aliphatic heterocycles. The number of nitrogens with one attached hydrogen (secondary N) is 1. The molecule has 34 heavy (non-hydrogen) atoms. The number of nitrogens with zero attached hydrogens (tertiary/aromatic N) is 2. The maximum atomic E-state index is 11.8. The highest BCUT2D eigenvalue weighted by atomic mass is 16.5. The smallest absolute Gasteiger partial charge is 0.337 e. The number of rotatable bonds is 8. The van der Waals surface area contributed by atoms with Crippen molar-refractivity contribution in [1.82, 2.24) is 9.88 Å². The SMILES string of the molecule is COC(=O)c1ccc2c(C(C)=Nc3ccc(CN(C)CCc4ccccc4)cc3)c(O)[nH]c2c1. The molecule has 0 amide bonds. The van der Waals surface area contributed by atoms with Crippen LogP contribution in [0.1, 0.15) is 34.0 Å². The van der Waals surface area contributed by atoms with E-state index in [0.717, 1.165) is 30.6 Å². The van der Waals surface area contributed by atoms with Crippen LogP contribution in [0, 0.1) is 0 Å². The number of aromatic nitrogens is 1. The Hall–Kier alpha value is -3.90. The summed E-state index contributed by atoms with van der Waals surface area (Å²) in [5.41, 5.74) is 5.75. The third-order valence-electron chi connectivity index (χ3n) is 5.87. The maximum absolute atomic E-state index is 11.8. The van der Waals surface area contributed by atoms with Crippen molar-refractivity contribution in [3.63, 3.8) is 0 Å². The molecule has 3 aromatic carbocycles. The van der Waals surface area contributed by atoms with Gasteiger partial charge in [-0.25, -0.2) is 4.79 Å². The molecule has 1 aromatic heterocycles. The number of esters is 1. The number of carbonyl (C=O) groups excluding carboxylic acids is 1. The number of benzene rings is 3. The van der Waals surface area contributed by atoms with E-state index in [1.165, 1.54) is 18.2 Å². The van der Waals surface area contributed by atoms with Crippen LogP contribution in [0.4, 0.5) is 5.69 Å². The van der Waals surface area contributed by atoms with Gasteiger partial charge in [-0.05, 0) is 55.8 Å². The van der Waals surface area contributed by atoms with Crippen LogP contribution >= 0.6 is 0 Å². The largest absolute Gasteiger partial charge is 0.494 e. The van der Waals surface area contributed by atoms with Crippen LogP contribution in [0.15, 0.2) is 77.8 Å². The Kier molecular flexibility index (Phi) is 7.09. The number of carbonyl (C=O) groups is 1. The molecule has 4 rings (SSSR count). The second kappa shape index (κ2) is 10.4. The lowest BCUT2D eigenvalue weighted by Crippen LogP contribution is -2.20. The fraction of sp³-hybridized carbons (Fsp3) is 0.214. The fourth-order valence-electron chi connectivity index (χ4n) is 4.08. The number of likely N-dealkylation sites (N-methyl/N-ethyl adjacent to an activating group) is 1. The molecule has 0 saturated carbocycles. The summed E-state index contributed by atoms with van der Waals surface area (Å²) in [6, 6.07) is 23.8. The van der Waals surface area contributed by atoms with E-state index in [4.69, 9.17) is 9.73 Å². The Labute approximate surface area is 199 Å². The van der Waals surface area contributed by atoms with Gasteiger partial charge in [0.2, 0.25) is 0 Å². The molecule has 0 atom stereocenters. The van der Waals surface area contributed by atoms with Crippen LogP contribution in [0.3, 0.4) is 0 Å². The molecule has 0 unspecified atom stereocenters. The average Bonchev–Trinajstić information content (AvgIpc) is 3.19. The zero-order valence-electron chi connectivity index (χ0n) is 19.7. The minimum absolute atomic E-state index is 0.0231. The molecule has 174 valence electrons. The summed E-state index contributed by atoms with van der Waals surface area (Å²) in [6.07, 6.45) is 1.02. The van der Waals surface area contributed by atoms with Gasteiger partial charge < -0.3 is 19.7 Å². The van der Waals surface area contributed by atoms with Gasteiger partial charge in [-0.15, -0.1) is 0 Å². The van der Waals surface area contributed by atoms with E-state index >= 15 is 0 Å². The normalized spacial score (nSPS) is 11.8. The van der Waals surface area contributed by atoms with E-state index in [1.807, 2.05) is 25.1 Å². The average molecular weight is 456 g/mol. The third-order valence-corrected chi connectivity index (χ3v) is 5.87. The van der Waals surface area contributed by atoms with Crippen molar-refractivity contribution in [1.29, 1.82) is 0 Å². The highest BCUT2D eigenvalue weighted by molar-refractivity contribution is 6.13. The summed E-state index contributed by atoms with van der Waals surface area (Å²) < 4.78 is 4.77. The Bertz CT molecular complexity index is 1310. The van der Waals surface area contributed by atoms with Gasteiger partial charge in [-0.3, -0.25) is 4.99 Å². The predicted molar refractivity (Wildman–Crippen MR) is 136 cm³/mol. The molecule has 0 bridgehead atoms. The van der Waals surface area contributed by atoms with E-state index in [0.29, 0.717) is 22.4 Å². The molecule has 6 nitrogen and oxygen atoms in total. The number of hydrogen-bond acceptors (Lipinski definition) is 5. The summed E-state index contributed by atoms with van der Waals surface area (Å²) >= 11 is 0. The Morgan fingerprint density at radius 2 is 1.76 bits per heavy atom. The van der Waals surface area contributed by atoms with Gasteiger partial charge in [0.25, 0.3) is 0 Å². The third kappa shape index (κ3) is 5.35. The number of aromatic hydroxyl groups is 1. The first-order valence-corrected chi connectivity index (χ1v) is 11.2. The van der Waals surface area contributed by atoms with Crippen molar-refractivity contribution >= 4 is 28.3 Å². The fourth-order valence-corrected chi connectivity index (χ4v) is 4.08. The van der Waals surface area contributed by atoms with Gasteiger partial charge in [0.1, 0.15) is 0 Å². The zero-order valence-corrected chi connectivity index (χ0v) is 19.7. The van der Waals surface area contributed by atoms with Crippen molar-refractivity contribution < 1.29 is 14.6 Å². The lowest BCUT2D eigenvalue weighted by Gasteiger charge is -2.16. The van der Waals surface area contributed by atoms with Crippen LogP contribution < -0.4 is 0 Å². The van der Waals surface area contributed by atoms with Gasteiger partial charge in [0.15, 0.2) is 5.88 Å². The minimum Gasteiger partial charge on any atom is -0.494 e. The standard InChI is InChI=1S/C28H29N3O3/c1-19(26-24-14-11-22(28(33)34-3)17-25(24)30-27(26)32)29-23-12-9-21(10-13-23)18-31(2)16-15-20-7-5-4-6-8-20/h4-14,17,30,32H,15-16,18H2,1-3H3. The van der Waals surface area contributed by atoms with Gasteiger partial charge in [0.05, 0.1) is 29.6 Å². The number of hydrogen-bond donors (Lipinski definition) is 2. The van der Waals surface area contributed by atoms with Crippen molar-refractivity contribution in [2.75, 3.05) is 20.7 Å². The van der Waals surface area contributed by atoms with Gasteiger partial charge in [-0.1, -0.05) is 48.5 Å². The van der Waals surface area contributed by atoms with E-state index in [9.17, 15) is 9.90 Å². The molecule has 4 aromatic rings. The first-order valence-electron chi connectivity index (χ1n) is 11.2. The van der Waals surface area contributed by atoms with Crippen LogP contribution in [0.5, 0.6) is 5.88 Å². The Balaban J connectivity index is 1.45. The topological polar surface area (TPSA) is 77.9 Å². The van der Waals surface area contributed by atoms with Crippen molar-refractivity contribution in [3.8, 4) is 5.88 Å². The molecule has 0 spiro atoms. The summed E-state index contributed by atoms with van der Waals surface area (Å²) in [6.45, 7) is 3.71. The van der Waals surface area contributed by atoms with Gasteiger partial charge >= 0.3 is 5.97 Å². The second-order valence-electron chi connectivity index (χ2n) is 8.44. The minimum atomic E-state index is -0.422. The first-order chi connectivity index (χ1) is 16.4. The lowest BCUT2D eigenvalue weighted by molar-refractivity contribution is 0.0601. The summed E-state index contributed by atoms with van der Waals surface area (Å²) in [5, 5.41) is 11.3. The monoisotopic (exact) mass is 455 g/mol.